The van der Waals surface area contributed by atoms with Gasteiger partial charge in [0.1, 0.15) is 0 Å². The van der Waals surface area contributed by atoms with Crippen LogP contribution in [-0.4, -0.2) is 13.1 Å². The van der Waals surface area contributed by atoms with Gasteiger partial charge in [0.2, 0.25) is 0 Å². The Morgan fingerprint density at radius 3 is 2.29 bits per heavy atom. The van der Waals surface area contributed by atoms with Crippen molar-refractivity contribution >= 4 is 0 Å². The van der Waals surface area contributed by atoms with Crippen molar-refractivity contribution in [2.45, 2.75) is 46.0 Å². The van der Waals surface area contributed by atoms with E-state index in [0.29, 0.717) is 0 Å². The van der Waals surface area contributed by atoms with Gasteiger partial charge in [-0.25, -0.2) is 0 Å². The van der Waals surface area contributed by atoms with Gasteiger partial charge >= 0.3 is 0 Å². The maximum absolute atomic E-state index is 9.14. The Labute approximate surface area is 87.7 Å². The molecule has 1 N–H and O–H groups in total. The summed E-state index contributed by atoms with van der Waals surface area (Å²) in [6, 6.07) is 2.55. The van der Waals surface area contributed by atoms with Gasteiger partial charge in [0.15, 0.2) is 0 Å². The van der Waals surface area contributed by atoms with Crippen molar-refractivity contribution in [1.29, 1.82) is 5.26 Å². The van der Waals surface area contributed by atoms with E-state index < -0.39 is 0 Å². The summed E-state index contributed by atoms with van der Waals surface area (Å²) >= 11 is 0. The molecule has 0 amide bonds. The molecular formula is C12H22N2. The van der Waals surface area contributed by atoms with Gasteiger partial charge < -0.3 is 5.32 Å². The molecule has 80 valence electrons. The summed E-state index contributed by atoms with van der Waals surface area (Å²) in [5.41, 5.74) is 0.0480. The number of piperidine rings is 1. The van der Waals surface area contributed by atoms with Crippen molar-refractivity contribution < 1.29 is 0 Å². The molecule has 2 aliphatic rings. The molecule has 1 heterocycles. The zero-order valence-corrected chi connectivity index (χ0v) is 9.47. The van der Waals surface area contributed by atoms with E-state index in [0.717, 1.165) is 31.8 Å². The Balaban J connectivity index is 0.000000461. The molecule has 0 bridgehead atoms. The summed E-state index contributed by atoms with van der Waals surface area (Å²) in [5, 5.41) is 12.5. The number of hydrogen-bond donors (Lipinski definition) is 1. The topological polar surface area (TPSA) is 35.8 Å². The first-order valence-electron chi connectivity index (χ1n) is 5.97. The molecular weight excluding hydrogens is 172 g/mol. The average molecular weight is 194 g/mol. The lowest BCUT2D eigenvalue weighted by molar-refractivity contribution is 0.250. The highest BCUT2D eigenvalue weighted by atomic mass is 14.9. The Kier molecular flexibility index (Phi) is 4.41. The average Bonchev–Trinajstić information content (AvgIpc) is 3.06. The summed E-state index contributed by atoms with van der Waals surface area (Å²) in [4.78, 5) is 0. The third-order valence-corrected chi connectivity index (χ3v) is 3.17. The Hall–Kier alpha value is -0.550. The van der Waals surface area contributed by atoms with E-state index in [4.69, 9.17) is 5.26 Å². The second kappa shape index (κ2) is 5.36. The fourth-order valence-corrected chi connectivity index (χ4v) is 2.14. The lowest BCUT2D eigenvalue weighted by Gasteiger charge is -2.31. The standard InChI is InChI=1S/C10H16N2.C2H6/c11-8-10(7-9-1-2-9)3-5-12-6-4-10;1-2/h9,12H,1-7H2;1-2H3. The minimum atomic E-state index is 0.0480. The summed E-state index contributed by atoms with van der Waals surface area (Å²) < 4.78 is 0. The monoisotopic (exact) mass is 194 g/mol. The van der Waals surface area contributed by atoms with Crippen molar-refractivity contribution in [1.82, 2.24) is 5.32 Å². The molecule has 1 aliphatic heterocycles. The highest BCUT2D eigenvalue weighted by Crippen LogP contribution is 2.44. The zero-order chi connectivity index (χ0) is 10.4. The number of hydrogen-bond acceptors (Lipinski definition) is 2. The van der Waals surface area contributed by atoms with Gasteiger partial charge in [0, 0.05) is 0 Å². The molecule has 0 radical (unpaired) electrons. The first-order valence-corrected chi connectivity index (χ1v) is 5.97. The first-order chi connectivity index (χ1) is 6.85. The molecule has 2 heteroatoms. The number of nitrogens with one attached hydrogen (secondary N) is 1. The fraction of sp³-hybridized carbons (Fsp3) is 0.917. The molecule has 14 heavy (non-hydrogen) atoms. The second-order valence-corrected chi connectivity index (χ2v) is 4.29. The SMILES string of the molecule is CC.N#CC1(CC2CC2)CCNCC1. The molecule has 0 spiro atoms. The quantitative estimate of drug-likeness (QED) is 0.733. The van der Waals surface area contributed by atoms with Crippen LogP contribution in [0.3, 0.4) is 0 Å². The van der Waals surface area contributed by atoms with Crippen LogP contribution < -0.4 is 5.32 Å². The molecule has 0 aromatic carbocycles. The van der Waals surface area contributed by atoms with Crippen LogP contribution in [0.5, 0.6) is 0 Å². The summed E-state index contributed by atoms with van der Waals surface area (Å²) in [6.45, 7) is 6.08. The molecule has 0 aromatic rings. The summed E-state index contributed by atoms with van der Waals surface area (Å²) in [6.07, 6.45) is 6.05. The second-order valence-electron chi connectivity index (χ2n) is 4.29. The van der Waals surface area contributed by atoms with Gasteiger partial charge in [-0.05, 0) is 38.3 Å². The lowest BCUT2D eigenvalue weighted by atomic mass is 9.76. The number of nitriles is 1. The van der Waals surface area contributed by atoms with Gasteiger partial charge in [-0.2, -0.15) is 5.26 Å². The van der Waals surface area contributed by atoms with E-state index >= 15 is 0 Å². The van der Waals surface area contributed by atoms with Crippen LogP contribution in [0.25, 0.3) is 0 Å². The highest BCUT2D eigenvalue weighted by Gasteiger charge is 2.37. The molecule has 1 saturated heterocycles. The Morgan fingerprint density at radius 1 is 1.29 bits per heavy atom. The van der Waals surface area contributed by atoms with E-state index in [2.05, 4.69) is 11.4 Å². The smallest absolute Gasteiger partial charge is 0.0690 e. The van der Waals surface area contributed by atoms with Crippen molar-refractivity contribution in [3.63, 3.8) is 0 Å². The van der Waals surface area contributed by atoms with Crippen LogP contribution in [0, 0.1) is 22.7 Å². The van der Waals surface area contributed by atoms with Gasteiger partial charge in [-0.3, -0.25) is 0 Å². The maximum Gasteiger partial charge on any atom is 0.0690 e. The molecule has 2 rings (SSSR count). The Morgan fingerprint density at radius 2 is 1.86 bits per heavy atom. The molecule has 0 unspecified atom stereocenters. The first kappa shape index (κ1) is 11.5. The van der Waals surface area contributed by atoms with E-state index in [1.807, 2.05) is 13.8 Å². The van der Waals surface area contributed by atoms with Gasteiger partial charge in [0.05, 0.1) is 11.5 Å². The van der Waals surface area contributed by atoms with Gasteiger partial charge in [-0.1, -0.05) is 26.7 Å². The minimum Gasteiger partial charge on any atom is -0.317 e. The number of nitrogens with zero attached hydrogens (tertiary/aromatic N) is 1. The number of rotatable bonds is 2. The van der Waals surface area contributed by atoms with Crippen LogP contribution in [-0.2, 0) is 0 Å². The summed E-state index contributed by atoms with van der Waals surface area (Å²) in [5.74, 6) is 0.891. The van der Waals surface area contributed by atoms with Crippen LogP contribution in [0.1, 0.15) is 46.0 Å². The fourth-order valence-electron chi connectivity index (χ4n) is 2.14. The third-order valence-electron chi connectivity index (χ3n) is 3.17. The van der Waals surface area contributed by atoms with E-state index in [-0.39, 0.29) is 5.41 Å². The Bertz CT molecular complexity index is 195. The van der Waals surface area contributed by atoms with E-state index in [9.17, 15) is 0 Å². The summed E-state index contributed by atoms with van der Waals surface area (Å²) in [7, 11) is 0. The predicted octanol–water partition coefficient (Wildman–Crippen LogP) is 2.71. The van der Waals surface area contributed by atoms with Crippen LogP contribution in [0.2, 0.25) is 0 Å². The lowest BCUT2D eigenvalue weighted by Crippen LogP contribution is -2.36. The van der Waals surface area contributed by atoms with Crippen LogP contribution in [0.15, 0.2) is 0 Å². The maximum atomic E-state index is 9.14. The normalized spacial score (nSPS) is 24.4. The van der Waals surface area contributed by atoms with Crippen molar-refractivity contribution in [2.24, 2.45) is 11.3 Å². The minimum absolute atomic E-state index is 0.0480. The zero-order valence-electron chi connectivity index (χ0n) is 9.47. The van der Waals surface area contributed by atoms with E-state index in [1.54, 1.807) is 0 Å². The molecule has 1 aliphatic carbocycles. The molecule has 1 saturated carbocycles. The molecule has 0 aromatic heterocycles. The van der Waals surface area contributed by atoms with Crippen molar-refractivity contribution in [2.75, 3.05) is 13.1 Å². The van der Waals surface area contributed by atoms with Crippen molar-refractivity contribution in [3.05, 3.63) is 0 Å². The predicted molar refractivity (Wildman–Crippen MR) is 58.8 cm³/mol. The largest absolute Gasteiger partial charge is 0.317 e. The van der Waals surface area contributed by atoms with E-state index in [1.165, 1.54) is 19.3 Å². The van der Waals surface area contributed by atoms with Gasteiger partial charge in [0.25, 0.3) is 0 Å². The molecule has 2 fully saturated rings. The highest BCUT2D eigenvalue weighted by molar-refractivity contribution is 5.03. The molecule has 2 nitrogen and oxygen atoms in total. The van der Waals surface area contributed by atoms with Crippen LogP contribution >= 0.6 is 0 Å². The molecule has 0 atom stereocenters. The van der Waals surface area contributed by atoms with Crippen molar-refractivity contribution in [3.8, 4) is 6.07 Å². The third kappa shape index (κ3) is 2.99. The van der Waals surface area contributed by atoms with Gasteiger partial charge in [-0.15, -0.1) is 0 Å². The van der Waals surface area contributed by atoms with Crippen LogP contribution in [0.4, 0.5) is 0 Å².